The lowest BCUT2D eigenvalue weighted by Gasteiger charge is -2.38. The maximum absolute atomic E-state index is 14.7. The quantitative estimate of drug-likeness (QED) is 0.736. The van der Waals surface area contributed by atoms with Crippen molar-refractivity contribution in [3.8, 4) is 5.75 Å². The predicted octanol–water partition coefficient (Wildman–Crippen LogP) is 3.00. The largest absolute Gasteiger partial charge is 0.482 e. The van der Waals surface area contributed by atoms with Crippen LogP contribution in [0.4, 0.5) is 10.1 Å². The summed E-state index contributed by atoms with van der Waals surface area (Å²) >= 11 is 6.34. The second-order valence-electron chi connectivity index (χ2n) is 7.59. The molecule has 0 aromatic heterocycles. The Hall–Kier alpha value is -2.68. The highest BCUT2D eigenvalue weighted by Gasteiger charge is 2.30. The Bertz CT molecular complexity index is 982. The van der Waals surface area contributed by atoms with Crippen LogP contribution in [0.5, 0.6) is 5.75 Å². The zero-order valence-corrected chi connectivity index (χ0v) is 17.7. The summed E-state index contributed by atoms with van der Waals surface area (Å²) in [6.07, 6.45) is -0.00879. The first-order valence-electron chi connectivity index (χ1n) is 10.1. The lowest BCUT2D eigenvalue weighted by molar-refractivity contribution is -0.118. The number of hydrogen-bond acceptors (Lipinski definition) is 5. The van der Waals surface area contributed by atoms with Crippen molar-refractivity contribution in [1.82, 2.24) is 10.2 Å². The van der Waals surface area contributed by atoms with E-state index in [1.54, 1.807) is 30.3 Å². The van der Waals surface area contributed by atoms with Gasteiger partial charge in [0.2, 0.25) is 0 Å². The van der Waals surface area contributed by atoms with Crippen molar-refractivity contribution in [2.45, 2.75) is 19.1 Å². The summed E-state index contributed by atoms with van der Waals surface area (Å²) in [5, 5.41) is 5.89. The lowest BCUT2D eigenvalue weighted by Crippen LogP contribution is -2.47. The first-order chi connectivity index (χ1) is 14.9. The molecule has 7 nitrogen and oxygen atoms in total. The van der Waals surface area contributed by atoms with Crippen LogP contribution in [0.3, 0.4) is 0 Å². The van der Waals surface area contributed by atoms with E-state index in [0.29, 0.717) is 47.3 Å². The van der Waals surface area contributed by atoms with Crippen molar-refractivity contribution < 1.29 is 23.5 Å². The smallest absolute Gasteiger partial charge is 0.262 e. The number of anilines is 1. The third-order valence-electron chi connectivity index (χ3n) is 5.38. The van der Waals surface area contributed by atoms with Crippen LogP contribution in [0.1, 0.15) is 28.9 Å². The minimum Gasteiger partial charge on any atom is -0.482 e. The number of ether oxygens (including phenoxy) is 2. The highest BCUT2D eigenvalue weighted by Crippen LogP contribution is 2.32. The van der Waals surface area contributed by atoms with E-state index in [9.17, 15) is 14.0 Å². The molecule has 0 spiro atoms. The number of nitrogens with zero attached hydrogens (tertiary/aromatic N) is 1. The summed E-state index contributed by atoms with van der Waals surface area (Å²) in [5.41, 5.74) is 1.25. The number of nitrogens with one attached hydrogen (secondary N) is 2. The number of benzene rings is 2. The Balaban J connectivity index is 1.53. The molecule has 4 rings (SSSR count). The molecule has 0 bridgehead atoms. The molecule has 2 heterocycles. The van der Waals surface area contributed by atoms with Crippen molar-refractivity contribution in [3.63, 3.8) is 0 Å². The molecule has 2 aliphatic rings. The van der Waals surface area contributed by atoms with E-state index in [-0.39, 0.29) is 31.1 Å². The number of fused-ring (bicyclic) bond motifs is 1. The zero-order valence-electron chi connectivity index (χ0n) is 17.0. The first kappa shape index (κ1) is 21.5. The molecule has 9 heteroatoms. The van der Waals surface area contributed by atoms with Crippen molar-refractivity contribution in [2.24, 2.45) is 0 Å². The van der Waals surface area contributed by atoms with E-state index in [2.05, 4.69) is 15.5 Å². The summed E-state index contributed by atoms with van der Waals surface area (Å²) in [4.78, 5) is 26.3. The number of carbonyl (C=O) groups is 2. The average molecular weight is 448 g/mol. The molecule has 1 saturated heterocycles. The normalized spacial score (nSPS) is 19.7. The van der Waals surface area contributed by atoms with E-state index >= 15 is 0 Å². The van der Waals surface area contributed by atoms with Gasteiger partial charge in [0.05, 0.1) is 24.4 Å². The fourth-order valence-electron chi connectivity index (χ4n) is 3.88. The maximum Gasteiger partial charge on any atom is 0.262 e. The van der Waals surface area contributed by atoms with Gasteiger partial charge in [-0.2, -0.15) is 0 Å². The van der Waals surface area contributed by atoms with Gasteiger partial charge in [-0.1, -0.05) is 17.7 Å². The molecule has 2 amide bonds. The van der Waals surface area contributed by atoms with E-state index in [4.69, 9.17) is 21.1 Å². The second kappa shape index (κ2) is 9.21. The number of halogens is 2. The minimum absolute atomic E-state index is 0.00879. The zero-order chi connectivity index (χ0) is 22.0. The second-order valence-corrected chi connectivity index (χ2v) is 7.99. The molecule has 31 heavy (non-hydrogen) atoms. The van der Waals surface area contributed by atoms with E-state index in [1.807, 2.05) is 6.92 Å². The first-order valence-corrected chi connectivity index (χ1v) is 10.4. The van der Waals surface area contributed by atoms with Crippen molar-refractivity contribution in [2.75, 3.05) is 38.2 Å². The van der Waals surface area contributed by atoms with Crippen molar-refractivity contribution in [1.29, 1.82) is 0 Å². The monoisotopic (exact) mass is 447 g/mol. The standard InChI is InChI=1S/C22H23ClFN3O4/c1-13-11-27(7-8-30-13)18(21-15(23)3-2-4-16(21)24)10-25-22(29)14-5-6-17-19(9-14)31-12-20(28)26-17/h2-6,9,13,18H,7-8,10-12H2,1H3,(H,25,29)(H,26,28). The Labute approximate surface area is 184 Å². The van der Waals surface area contributed by atoms with Gasteiger partial charge in [0.1, 0.15) is 11.6 Å². The third kappa shape index (κ3) is 4.81. The highest BCUT2D eigenvalue weighted by molar-refractivity contribution is 6.31. The van der Waals surface area contributed by atoms with Crippen LogP contribution in [0.15, 0.2) is 36.4 Å². The molecule has 0 saturated carbocycles. The fraction of sp³-hybridized carbons (Fsp3) is 0.364. The van der Waals surface area contributed by atoms with E-state index < -0.39 is 11.9 Å². The van der Waals surface area contributed by atoms with Gasteiger partial charge >= 0.3 is 0 Å². The summed E-state index contributed by atoms with van der Waals surface area (Å²) in [7, 11) is 0. The molecule has 2 aromatic rings. The summed E-state index contributed by atoms with van der Waals surface area (Å²) < 4.78 is 25.7. The van der Waals surface area contributed by atoms with Crippen molar-refractivity contribution in [3.05, 3.63) is 58.4 Å². The van der Waals surface area contributed by atoms with Crippen LogP contribution in [-0.4, -0.2) is 55.7 Å². The van der Waals surface area contributed by atoms with Crippen LogP contribution in [0, 0.1) is 5.82 Å². The molecule has 1 fully saturated rings. The van der Waals surface area contributed by atoms with Gasteiger partial charge in [-0.05, 0) is 37.3 Å². The maximum atomic E-state index is 14.7. The number of amides is 2. The molecule has 2 aromatic carbocycles. The van der Waals surface area contributed by atoms with Gasteiger partial charge in [0, 0.05) is 35.8 Å². The van der Waals surface area contributed by atoms with E-state index in [0.717, 1.165) is 0 Å². The van der Waals surface area contributed by atoms with Crippen LogP contribution in [0.2, 0.25) is 5.02 Å². The third-order valence-corrected chi connectivity index (χ3v) is 5.71. The predicted molar refractivity (Wildman–Crippen MR) is 114 cm³/mol. The fourth-order valence-corrected chi connectivity index (χ4v) is 4.17. The van der Waals surface area contributed by atoms with Gasteiger partial charge in [0.15, 0.2) is 6.61 Å². The Morgan fingerprint density at radius 3 is 3.00 bits per heavy atom. The summed E-state index contributed by atoms with van der Waals surface area (Å²) in [5.74, 6) is -0.553. The Morgan fingerprint density at radius 2 is 2.23 bits per heavy atom. The highest BCUT2D eigenvalue weighted by atomic mass is 35.5. The number of morpholine rings is 1. The lowest BCUT2D eigenvalue weighted by atomic mass is 10.0. The number of carbonyl (C=O) groups excluding carboxylic acids is 2. The number of rotatable bonds is 5. The van der Waals surface area contributed by atoms with Gasteiger partial charge in [-0.3, -0.25) is 14.5 Å². The molecule has 2 N–H and O–H groups in total. The van der Waals surface area contributed by atoms with Crippen LogP contribution >= 0.6 is 11.6 Å². The SMILES string of the molecule is CC1CN(C(CNC(=O)c2ccc3c(c2)OCC(=O)N3)c2c(F)cccc2Cl)CCO1. The molecular weight excluding hydrogens is 425 g/mol. The van der Waals surface area contributed by atoms with Gasteiger partial charge in [-0.15, -0.1) is 0 Å². The van der Waals surface area contributed by atoms with Gasteiger partial charge in [-0.25, -0.2) is 4.39 Å². The molecule has 164 valence electrons. The van der Waals surface area contributed by atoms with Crippen LogP contribution in [-0.2, 0) is 9.53 Å². The molecule has 0 aliphatic carbocycles. The molecular formula is C22H23ClFN3O4. The molecule has 0 radical (unpaired) electrons. The summed E-state index contributed by atoms with van der Waals surface area (Å²) in [6.45, 7) is 3.74. The average Bonchev–Trinajstić information content (AvgIpc) is 2.75. The molecule has 2 aliphatic heterocycles. The van der Waals surface area contributed by atoms with Gasteiger partial charge < -0.3 is 20.1 Å². The van der Waals surface area contributed by atoms with Crippen molar-refractivity contribution >= 4 is 29.1 Å². The topological polar surface area (TPSA) is 79.9 Å². The van der Waals surface area contributed by atoms with Gasteiger partial charge in [0.25, 0.3) is 11.8 Å². The number of hydrogen-bond donors (Lipinski definition) is 2. The molecule has 2 unspecified atom stereocenters. The van der Waals surface area contributed by atoms with E-state index in [1.165, 1.54) is 6.07 Å². The minimum atomic E-state index is -0.447. The Kier molecular flexibility index (Phi) is 6.41. The molecule has 2 atom stereocenters. The van der Waals surface area contributed by atoms with Crippen LogP contribution in [0.25, 0.3) is 0 Å². The summed E-state index contributed by atoms with van der Waals surface area (Å²) in [6, 6.07) is 8.93. The Morgan fingerprint density at radius 1 is 1.39 bits per heavy atom. The van der Waals surface area contributed by atoms with Crippen LogP contribution < -0.4 is 15.4 Å².